The van der Waals surface area contributed by atoms with Crippen LogP contribution in [0, 0.1) is 0 Å². The second-order valence-corrected chi connectivity index (χ2v) is 5.55. The zero-order valence-electron chi connectivity index (χ0n) is 9.87. The van der Waals surface area contributed by atoms with Crippen LogP contribution in [0.4, 0.5) is 0 Å². The standard InChI is InChI=1S/C12H20N2OS/c1-13-7-4-5-10-9-15-12(14-10)11-6-2-3-8-16-11/h9,11,13H,2-8H2,1H3. The largest absolute Gasteiger partial charge is 0.447 e. The molecule has 1 unspecified atom stereocenters. The van der Waals surface area contributed by atoms with Crippen molar-refractivity contribution < 1.29 is 4.42 Å². The van der Waals surface area contributed by atoms with Crippen molar-refractivity contribution in [2.75, 3.05) is 19.3 Å². The molecule has 90 valence electrons. The first-order chi connectivity index (χ1) is 7.90. The highest BCUT2D eigenvalue weighted by Gasteiger charge is 2.20. The Labute approximate surface area is 101 Å². The molecule has 0 saturated carbocycles. The summed E-state index contributed by atoms with van der Waals surface area (Å²) in [6.45, 7) is 1.04. The zero-order valence-corrected chi connectivity index (χ0v) is 10.7. The summed E-state index contributed by atoms with van der Waals surface area (Å²) in [6, 6.07) is 0. The predicted molar refractivity (Wildman–Crippen MR) is 67.8 cm³/mol. The Balaban J connectivity index is 1.85. The number of rotatable bonds is 5. The van der Waals surface area contributed by atoms with Gasteiger partial charge in [0.2, 0.25) is 5.89 Å². The molecule has 1 fully saturated rings. The molecule has 3 nitrogen and oxygen atoms in total. The van der Waals surface area contributed by atoms with Crippen LogP contribution in [0.3, 0.4) is 0 Å². The predicted octanol–water partition coefficient (Wildman–Crippen LogP) is 2.78. The molecule has 1 aromatic heterocycles. The first-order valence-corrected chi connectivity index (χ1v) is 7.15. The minimum absolute atomic E-state index is 0.506. The lowest BCUT2D eigenvalue weighted by Gasteiger charge is -2.17. The molecule has 0 spiro atoms. The van der Waals surface area contributed by atoms with E-state index in [0.29, 0.717) is 5.25 Å². The first kappa shape index (κ1) is 12.0. The molecule has 16 heavy (non-hydrogen) atoms. The third-order valence-electron chi connectivity index (χ3n) is 2.88. The summed E-state index contributed by atoms with van der Waals surface area (Å²) in [6.07, 6.45) is 7.86. The first-order valence-electron chi connectivity index (χ1n) is 6.10. The summed E-state index contributed by atoms with van der Waals surface area (Å²) in [5.74, 6) is 2.20. The topological polar surface area (TPSA) is 38.1 Å². The van der Waals surface area contributed by atoms with Gasteiger partial charge in [0.25, 0.3) is 0 Å². The van der Waals surface area contributed by atoms with Crippen molar-refractivity contribution >= 4 is 11.8 Å². The maximum absolute atomic E-state index is 5.58. The molecule has 0 radical (unpaired) electrons. The molecule has 1 N–H and O–H groups in total. The number of hydrogen-bond donors (Lipinski definition) is 1. The highest BCUT2D eigenvalue weighted by molar-refractivity contribution is 7.99. The van der Waals surface area contributed by atoms with E-state index in [1.807, 2.05) is 25.1 Å². The van der Waals surface area contributed by atoms with Crippen LogP contribution < -0.4 is 5.32 Å². The minimum atomic E-state index is 0.506. The van der Waals surface area contributed by atoms with Gasteiger partial charge in [0.05, 0.1) is 10.9 Å². The van der Waals surface area contributed by atoms with Gasteiger partial charge in [0.15, 0.2) is 0 Å². The van der Waals surface area contributed by atoms with Gasteiger partial charge in [-0.15, -0.1) is 11.8 Å². The quantitative estimate of drug-likeness (QED) is 0.803. The van der Waals surface area contributed by atoms with E-state index in [4.69, 9.17) is 4.42 Å². The molecule has 1 aliphatic heterocycles. The van der Waals surface area contributed by atoms with Gasteiger partial charge in [-0.3, -0.25) is 0 Å². The summed E-state index contributed by atoms with van der Waals surface area (Å²) < 4.78 is 5.58. The lowest BCUT2D eigenvalue weighted by Crippen LogP contribution is -2.08. The van der Waals surface area contributed by atoms with Crippen LogP contribution in [0.5, 0.6) is 0 Å². The van der Waals surface area contributed by atoms with Crippen molar-refractivity contribution in [3.63, 3.8) is 0 Å². The molecule has 2 heterocycles. The Morgan fingerprint density at radius 3 is 3.25 bits per heavy atom. The fourth-order valence-corrected chi connectivity index (χ4v) is 3.21. The highest BCUT2D eigenvalue weighted by Crippen LogP contribution is 2.37. The van der Waals surface area contributed by atoms with Gasteiger partial charge in [-0.05, 0) is 45.0 Å². The monoisotopic (exact) mass is 240 g/mol. The molecule has 0 bridgehead atoms. The van der Waals surface area contributed by atoms with Gasteiger partial charge in [0.1, 0.15) is 6.26 Å². The molecular formula is C12H20N2OS. The summed E-state index contributed by atoms with van der Waals surface area (Å²) in [7, 11) is 1.98. The number of hydrogen-bond acceptors (Lipinski definition) is 4. The van der Waals surface area contributed by atoms with Gasteiger partial charge >= 0.3 is 0 Å². The van der Waals surface area contributed by atoms with Gasteiger partial charge in [0, 0.05) is 0 Å². The molecule has 1 aliphatic rings. The van der Waals surface area contributed by atoms with E-state index in [0.717, 1.165) is 31.0 Å². The minimum Gasteiger partial charge on any atom is -0.447 e. The fourth-order valence-electron chi connectivity index (χ4n) is 1.97. The van der Waals surface area contributed by atoms with Crippen LogP contribution in [0.1, 0.15) is 42.5 Å². The third-order valence-corrected chi connectivity index (χ3v) is 4.25. The normalized spacial score (nSPS) is 21.2. The number of nitrogens with zero attached hydrogens (tertiary/aromatic N) is 1. The maximum atomic E-state index is 5.58. The Morgan fingerprint density at radius 1 is 1.56 bits per heavy atom. The van der Waals surface area contributed by atoms with Crippen molar-refractivity contribution in [2.24, 2.45) is 0 Å². The van der Waals surface area contributed by atoms with Crippen LogP contribution in [0.15, 0.2) is 10.7 Å². The number of aryl methyl sites for hydroxylation is 1. The number of thioether (sulfide) groups is 1. The Hall–Kier alpha value is -0.480. The van der Waals surface area contributed by atoms with Gasteiger partial charge in [-0.25, -0.2) is 4.98 Å². The Bertz CT molecular complexity index is 308. The Kier molecular flexibility index (Phi) is 4.72. The summed E-state index contributed by atoms with van der Waals surface area (Å²) in [5, 5.41) is 3.65. The molecule has 0 aromatic carbocycles. The van der Waals surface area contributed by atoms with Crippen LogP contribution in [0.2, 0.25) is 0 Å². The fraction of sp³-hybridized carbons (Fsp3) is 0.750. The van der Waals surface area contributed by atoms with E-state index < -0.39 is 0 Å². The van der Waals surface area contributed by atoms with E-state index in [-0.39, 0.29) is 0 Å². The van der Waals surface area contributed by atoms with E-state index in [2.05, 4.69) is 10.3 Å². The summed E-state index contributed by atoms with van der Waals surface area (Å²) in [5.41, 5.74) is 1.11. The van der Waals surface area contributed by atoms with Crippen LogP contribution in [-0.4, -0.2) is 24.3 Å². The molecule has 0 aliphatic carbocycles. The molecule has 2 rings (SSSR count). The third kappa shape index (κ3) is 3.25. The van der Waals surface area contributed by atoms with Gasteiger partial charge < -0.3 is 9.73 Å². The molecule has 0 amide bonds. The number of aromatic nitrogens is 1. The lowest BCUT2D eigenvalue weighted by molar-refractivity contribution is 0.473. The average molecular weight is 240 g/mol. The van der Waals surface area contributed by atoms with Crippen LogP contribution in [-0.2, 0) is 6.42 Å². The molecule has 1 saturated heterocycles. The second-order valence-electron chi connectivity index (χ2n) is 4.24. The second kappa shape index (κ2) is 6.30. The number of oxazole rings is 1. The zero-order chi connectivity index (χ0) is 11.2. The highest BCUT2D eigenvalue weighted by atomic mass is 32.2. The smallest absolute Gasteiger partial charge is 0.207 e. The summed E-state index contributed by atoms with van der Waals surface area (Å²) >= 11 is 1.99. The van der Waals surface area contributed by atoms with Gasteiger partial charge in [-0.2, -0.15) is 0 Å². The molecule has 1 atom stereocenters. The van der Waals surface area contributed by atoms with Crippen LogP contribution in [0.25, 0.3) is 0 Å². The van der Waals surface area contributed by atoms with Crippen molar-refractivity contribution in [1.29, 1.82) is 0 Å². The van der Waals surface area contributed by atoms with Crippen molar-refractivity contribution in [1.82, 2.24) is 10.3 Å². The van der Waals surface area contributed by atoms with Crippen LogP contribution >= 0.6 is 11.8 Å². The molecule has 4 heteroatoms. The SMILES string of the molecule is CNCCCc1coc(C2CCCCS2)n1. The molecular weight excluding hydrogens is 220 g/mol. The van der Waals surface area contributed by atoms with Crippen molar-refractivity contribution in [2.45, 2.75) is 37.4 Å². The van der Waals surface area contributed by atoms with Crippen molar-refractivity contribution in [3.05, 3.63) is 17.8 Å². The van der Waals surface area contributed by atoms with E-state index in [1.54, 1.807) is 0 Å². The lowest BCUT2D eigenvalue weighted by atomic mass is 10.2. The van der Waals surface area contributed by atoms with Gasteiger partial charge in [-0.1, -0.05) is 6.42 Å². The summed E-state index contributed by atoms with van der Waals surface area (Å²) in [4.78, 5) is 4.59. The average Bonchev–Trinajstić information content (AvgIpc) is 2.79. The van der Waals surface area contributed by atoms with E-state index >= 15 is 0 Å². The Morgan fingerprint density at radius 2 is 2.50 bits per heavy atom. The van der Waals surface area contributed by atoms with E-state index in [1.165, 1.54) is 25.0 Å². The molecule has 1 aromatic rings. The number of nitrogens with one attached hydrogen (secondary N) is 1. The van der Waals surface area contributed by atoms with E-state index in [9.17, 15) is 0 Å². The van der Waals surface area contributed by atoms with Crippen molar-refractivity contribution in [3.8, 4) is 0 Å². The maximum Gasteiger partial charge on any atom is 0.207 e.